The fraction of sp³-hybridized carbons (Fsp3) is 0.400. The van der Waals surface area contributed by atoms with Gasteiger partial charge in [-0.2, -0.15) is 0 Å². The Labute approximate surface area is 188 Å². The van der Waals surface area contributed by atoms with Crippen LogP contribution in [0.25, 0.3) is 0 Å². The number of hydrogen-bond acceptors (Lipinski definition) is 5. The van der Waals surface area contributed by atoms with Crippen molar-refractivity contribution in [2.75, 3.05) is 13.1 Å². The van der Waals surface area contributed by atoms with Gasteiger partial charge in [0.05, 0.1) is 0 Å². The summed E-state index contributed by atoms with van der Waals surface area (Å²) in [6, 6.07) is 13.6. The second kappa shape index (κ2) is 10.8. The maximum atomic E-state index is 12.7. The quantitative estimate of drug-likeness (QED) is 0.617. The zero-order valence-corrected chi connectivity index (χ0v) is 18.5. The number of benzene rings is 2. The molecule has 2 aromatic carbocycles. The number of ether oxygens (including phenoxy) is 1. The van der Waals surface area contributed by atoms with E-state index in [0.29, 0.717) is 37.2 Å². The summed E-state index contributed by atoms with van der Waals surface area (Å²) in [6.45, 7) is 4.74. The van der Waals surface area contributed by atoms with Gasteiger partial charge in [-0.15, -0.1) is 0 Å². The van der Waals surface area contributed by atoms with Gasteiger partial charge in [-0.25, -0.2) is 0 Å². The summed E-state index contributed by atoms with van der Waals surface area (Å²) in [6.07, 6.45) is 1.02. The molecule has 0 aromatic heterocycles. The van der Waals surface area contributed by atoms with Gasteiger partial charge in [0.15, 0.2) is 11.9 Å². The Morgan fingerprint density at radius 2 is 1.66 bits per heavy atom. The van der Waals surface area contributed by atoms with Crippen LogP contribution in [0.15, 0.2) is 48.5 Å². The van der Waals surface area contributed by atoms with Gasteiger partial charge < -0.3 is 20.1 Å². The first-order valence-electron chi connectivity index (χ1n) is 11.0. The fourth-order valence-electron chi connectivity index (χ4n) is 3.69. The van der Waals surface area contributed by atoms with Gasteiger partial charge in [0, 0.05) is 37.5 Å². The minimum atomic E-state index is -0.640. The molecule has 7 heteroatoms. The molecule has 170 valence electrons. The standard InChI is InChI=1S/C25H30N2O5/c1-17-3-5-19(6-4-17)23(29)11-12-24(30)26-20-13-15-27(16-14-20)25(31)18(2)32-22-9-7-21(28)8-10-22/h3-10,18,20,28H,11-16H2,1-2H3,(H,26,30). The number of piperidine rings is 1. The van der Waals surface area contributed by atoms with Crippen LogP contribution in [0, 0.1) is 6.92 Å². The predicted molar refractivity (Wildman–Crippen MR) is 121 cm³/mol. The maximum absolute atomic E-state index is 12.7. The zero-order valence-electron chi connectivity index (χ0n) is 18.5. The number of amides is 2. The van der Waals surface area contributed by atoms with Gasteiger partial charge in [0.1, 0.15) is 11.5 Å². The van der Waals surface area contributed by atoms with Gasteiger partial charge in [-0.1, -0.05) is 29.8 Å². The van der Waals surface area contributed by atoms with Crippen molar-refractivity contribution in [3.63, 3.8) is 0 Å². The van der Waals surface area contributed by atoms with Crippen molar-refractivity contribution in [1.82, 2.24) is 10.2 Å². The van der Waals surface area contributed by atoms with Crippen LogP contribution in [0.1, 0.15) is 48.5 Å². The van der Waals surface area contributed by atoms with Gasteiger partial charge in [0.25, 0.3) is 5.91 Å². The third kappa shape index (κ3) is 6.57. The van der Waals surface area contributed by atoms with E-state index in [1.807, 2.05) is 19.1 Å². The zero-order chi connectivity index (χ0) is 23.1. The van der Waals surface area contributed by atoms with E-state index in [-0.39, 0.29) is 42.2 Å². The van der Waals surface area contributed by atoms with Crippen LogP contribution in [-0.2, 0) is 9.59 Å². The summed E-state index contributed by atoms with van der Waals surface area (Å²) >= 11 is 0. The molecule has 2 aromatic rings. The van der Waals surface area contributed by atoms with E-state index in [1.165, 1.54) is 12.1 Å². The molecule has 2 amide bonds. The highest BCUT2D eigenvalue weighted by Gasteiger charge is 2.27. The first-order valence-corrected chi connectivity index (χ1v) is 11.0. The summed E-state index contributed by atoms with van der Waals surface area (Å²) in [4.78, 5) is 38.9. The van der Waals surface area contributed by atoms with E-state index in [2.05, 4.69) is 5.32 Å². The molecule has 7 nitrogen and oxygen atoms in total. The highest BCUT2D eigenvalue weighted by atomic mass is 16.5. The van der Waals surface area contributed by atoms with Gasteiger partial charge in [-0.3, -0.25) is 14.4 Å². The Bertz CT molecular complexity index is 932. The normalized spacial score (nSPS) is 15.1. The van der Waals surface area contributed by atoms with Crippen molar-refractivity contribution < 1.29 is 24.2 Å². The molecule has 0 bridgehead atoms. The Morgan fingerprint density at radius 1 is 1.03 bits per heavy atom. The largest absolute Gasteiger partial charge is 0.508 e. The number of carbonyl (C=O) groups is 3. The highest BCUT2D eigenvalue weighted by molar-refractivity contribution is 5.98. The van der Waals surface area contributed by atoms with Crippen LogP contribution in [0.2, 0.25) is 0 Å². The number of aromatic hydroxyl groups is 1. The summed E-state index contributed by atoms with van der Waals surface area (Å²) in [7, 11) is 0. The second-order valence-corrected chi connectivity index (χ2v) is 8.21. The minimum Gasteiger partial charge on any atom is -0.508 e. The van der Waals surface area contributed by atoms with E-state index in [4.69, 9.17) is 4.74 Å². The number of ketones is 1. The van der Waals surface area contributed by atoms with Gasteiger partial charge in [-0.05, 0) is 51.0 Å². The number of aryl methyl sites for hydroxylation is 1. The fourth-order valence-corrected chi connectivity index (χ4v) is 3.69. The van der Waals surface area contributed by atoms with Crippen molar-refractivity contribution in [2.45, 2.75) is 51.7 Å². The Kier molecular flexibility index (Phi) is 7.87. The van der Waals surface area contributed by atoms with Crippen LogP contribution in [0.4, 0.5) is 0 Å². The number of rotatable bonds is 8. The van der Waals surface area contributed by atoms with Crippen LogP contribution >= 0.6 is 0 Å². The minimum absolute atomic E-state index is 0.00523. The lowest BCUT2D eigenvalue weighted by Crippen LogP contribution is -2.49. The molecule has 32 heavy (non-hydrogen) atoms. The number of carbonyl (C=O) groups excluding carboxylic acids is 3. The average Bonchev–Trinajstić information content (AvgIpc) is 2.79. The van der Waals surface area contributed by atoms with E-state index in [9.17, 15) is 19.5 Å². The van der Waals surface area contributed by atoms with Crippen molar-refractivity contribution in [2.24, 2.45) is 0 Å². The molecule has 2 N–H and O–H groups in total. The van der Waals surface area contributed by atoms with Crippen LogP contribution < -0.4 is 10.1 Å². The van der Waals surface area contributed by atoms with Crippen molar-refractivity contribution in [1.29, 1.82) is 0 Å². The molecule has 0 aliphatic carbocycles. The van der Waals surface area contributed by atoms with Crippen LogP contribution in [0.5, 0.6) is 11.5 Å². The number of Topliss-reactive ketones (excluding diaryl/α,β-unsaturated/α-hetero) is 1. The molecular weight excluding hydrogens is 408 g/mol. The van der Waals surface area contributed by atoms with Crippen molar-refractivity contribution in [3.8, 4) is 11.5 Å². The molecule has 1 aliphatic rings. The number of hydrogen-bond donors (Lipinski definition) is 2. The molecule has 1 aliphatic heterocycles. The summed E-state index contributed by atoms with van der Waals surface area (Å²) in [5, 5.41) is 12.3. The van der Waals surface area contributed by atoms with Crippen LogP contribution in [0.3, 0.4) is 0 Å². The molecule has 1 unspecified atom stereocenters. The molecule has 1 heterocycles. The maximum Gasteiger partial charge on any atom is 0.263 e. The topological polar surface area (TPSA) is 95.9 Å². The van der Waals surface area contributed by atoms with E-state index >= 15 is 0 Å². The van der Waals surface area contributed by atoms with Gasteiger partial charge >= 0.3 is 0 Å². The smallest absolute Gasteiger partial charge is 0.263 e. The molecule has 3 rings (SSSR count). The number of nitrogens with zero attached hydrogens (tertiary/aromatic N) is 1. The molecule has 0 radical (unpaired) electrons. The molecule has 1 atom stereocenters. The first kappa shape index (κ1) is 23.3. The average molecular weight is 439 g/mol. The third-order valence-electron chi connectivity index (χ3n) is 5.62. The Morgan fingerprint density at radius 3 is 2.28 bits per heavy atom. The predicted octanol–water partition coefficient (Wildman–Crippen LogP) is 3.24. The number of nitrogens with one attached hydrogen (secondary N) is 1. The van der Waals surface area contributed by atoms with Crippen molar-refractivity contribution in [3.05, 3.63) is 59.7 Å². The molecule has 0 saturated carbocycles. The lowest BCUT2D eigenvalue weighted by Gasteiger charge is -2.33. The Balaban J connectivity index is 1.38. The van der Waals surface area contributed by atoms with Crippen LogP contribution in [-0.4, -0.2) is 52.8 Å². The van der Waals surface area contributed by atoms with E-state index < -0.39 is 6.10 Å². The Hall–Kier alpha value is -3.35. The van der Waals surface area contributed by atoms with E-state index in [0.717, 1.165) is 5.56 Å². The third-order valence-corrected chi connectivity index (χ3v) is 5.62. The molecule has 0 spiro atoms. The number of likely N-dealkylation sites (tertiary alicyclic amines) is 1. The van der Waals surface area contributed by atoms with Crippen molar-refractivity contribution >= 4 is 17.6 Å². The monoisotopic (exact) mass is 438 g/mol. The second-order valence-electron chi connectivity index (χ2n) is 8.21. The number of phenols is 1. The van der Waals surface area contributed by atoms with Gasteiger partial charge in [0.2, 0.25) is 5.91 Å². The summed E-state index contributed by atoms with van der Waals surface area (Å²) in [5.41, 5.74) is 1.71. The molecular formula is C25H30N2O5. The lowest BCUT2D eigenvalue weighted by molar-refractivity contribution is -0.139. The SMILES string of the molecule is Cc1ccc(C(=O)CCC(=O)NC2CCN(C(=O)C(C)Oc3ccc(O)cc3)CC2)cc1. The first-order chi connectivity index (χ1) is 15.3. The highest BCUT2D eigenvalue weighted by Crippen LogP contribution is 2.19. The summed E-state index contributed by atoms with van der Waals surface area (Å²) in [5.74, 6) is 0.375. The summed E-state index contributed by atoms with van der Waals surface area (Å²) < 4.78 is 5.67. The molecule has 1 fully saturated rings. The molecule has 1 saturated heterocycles. The van der Waals surface area contributed by atoms with E-state index in [1.54, 1.807) is 36.1 Å². The number of phenolic OH excluding ortho intramolecular Hbond substituents is 1. The lowest BCUT2D eigenvalue weighted by atomic mass is 10.0.